The van der Waals surface area contributed by atoms with Crippen LogP contribution in [0.3, 0.4) is 0 Å². The zero-order valence-electron chi connectivity index (χ0n) is 20.1. The number of anilines is 1. The number of sulfonamides is 1. The standard InChI is InChI=1S/C24H30Cl2FN3O4S/c1-5-16(3)28-24(32)22(6-2)29(14-19-20(25)8-7-9-21(19)26)23(31)15-30(35(4,33)34)18-12-10-17(27)11-13-18/h7-13,16,22H,5-6,14-15H2,1-4H3,(H,28,32). The zero-order valence-corrected chi connectivity index (χ0v) is 22.4. The van der Waals surface area contributed by atoms with Gasteiger partial charge in [0.2, 0.25) is 21.8 Å². The summed E-state index contributed by atoms with van der Waals surface area (Å²) in [5.41, 5.74) is 0.557. The topological polar surface area (TPSA) is 86.8 Å². The van der Waals surface area contributed by atoms with Crippen molar-refractivity contribution in [2.75, 3.05) is 17.1 Å². The van der Waals surface area contributed by atoms with Crippen LogP contribution >= 0.6 is 23.2 Å². The van der Waals surface area contributed by atoms with E-state index in [9.17, 15) is 22.4 Å². The second kappa shape index (κ2) is 12.6. The quantitative estimate of drug-likeness (QED) is 0.446. The molecule has 0 aliphatic heterocycles. The maximum Gasteiger partial charge on any atom is 0.244 e. The predicted octanol–water partition coefficient (Wildman–Crippen LogP) is 4.62. The first-order valence-corrected chi connectivity index (χ1v) is 13.7. The molecule has 0 heterocycles. The predicted molar refractivity (Wildman–Crippen MR) is 138 cm³/mol. The average Bonchev–Trinajstić information content (AvgIpc) is 2.78. The fourth-order valence-corrected chi connectivity index (χ4v) is 4.80. The van der Waals surface area contributed by atoms with Gasteiger partial charge in [-0.05, 0) is 56.2 Å². The Morgan fingerprint density at radius 1 is 1.03 bits per heavy atom. The highest BCUT2D eigenvalue weighted by atomic mass is 35.5. The molecule has 0 saturated heterocycles. The summed E-state index contributed by atoms with van der Waals surface area (Å²) >= 11 is 12.7. The van der Waals surface area contributed by atoms with E-state index in [2.05, 4.69) is 5.32 Å². The number of hydrogen-bond acceptors (Lipinski definition) is 4. The molecular formula is C24H30Cl2FN3O4S. The van der Waals surface area contributed by atoms with Crippen molar-refractivity contribution < 1.29 is 22.4 Å². The van der Waals surface area contributed by atoms with E-state index < -0.39 is 34.3 Å². The minimum absolute atomic E-state index is 0.106. The molecular weight excluding hydrogens is 516 g/mol. The summed E-state index contributed by atoms with van der Waals surface area (Å²) in [7, 11) is -3.91. The Morgan fingerprint density at radius 2 is 1.60 bits per heavy atom. The van der Waals surface area contributed by atoms with Crippen molar-refractivity contribution in [2.24, 2.45) is 0 Å². The van der Waals surface area contributed by atoms with Crippen LogP contribution < -0.4 is 9.62 Å². The van der Waals surface area contributed by atoms with Crippen LogP contribution in [0.25, 0.3) is 0 Å². The molecule has 35 heavy (non-hydrogen) atoms. The number of halogens is 3. The number of nitrogens with one attached hydrogen (secondary N) is 1. The van der Waals surface area contributed by atoms with Crippen LogP contribution in [-0.4, -0.2) is 50.0 Å². The number of rotatable bonds is 11. The van der Waals surface area contributed by atoms with Gasteiger partial charge in [-0.25, -0.2) is 12.8 Å². The molecule has 0 spiro atoms. The lowest BCUT2D eigenvalue weighted by Gasteiger charge is -2.33. The number of hydrogen-bond donors (Lipinski definition) is 1. The van der Waals surface area contributed by atoms with Crippen molar-refractivity contribution >= 4 is 50.7 Å². The Labute approximate surface area is 216 Å². The highest BCUT2D eigenvalue weighted by Crippen LogP contribution is 2.27. The lowest BCUT2D eigenvalue weighted by atomic mass is 10.1. The maximum atomic E-state index is 13.6. The SMILES string of the molecule is CCC(C)NC(=O)C(CC)N(Cc1c(Cl)cccc1Cl)C(=O)CN(c1ccc(F)cc1)S(C)(=O)=O. The van der Waals surface area contributed by atoms with Gasteiger partial charge in [0.15, 0.2) is 0 Å². The van der Waals surface area contributed by atoms with Gasteiger partial charge in [-0.3, -0.25) is 13.9 Å². The molecule has 0 radical (unpaired) electrons. The number of carbonyl (C=O) groups excluding carboxylic acids is 2. The highest BCUT2D eigenvalue weighted by Gasteiger charge is 2.32. The summed E-state index contributed by atoms with van der Waals surface area (Å²) in [6, 6.07) is 8.62. The van der Waals surface area contributed by atoms with E-state index in [-0.39, 0.29) is 30.6 Å². The van der Waals surface area contributed by atoms with Crippen LogP contribution in [0.15, 0.2) is 42.5 Å². The van der Waals surface area contributed by atoms with Gasteiger partial charge < -0.3 is 10.2 Å². The maximum absolute atomic E-state index is 13.6. The normalized spacial score (nSPS) is 13.1. The Kier molecular flexibility index (Phi) is 10.4. The number of benzene rings is 2. The van der Waals surface area contributed by atoms with E-state index in [1.165, 1.54) is 17.0 Å². The minimum atomic E-state index is -3.91. The zero-order chi connectivity index (χ0) is 26.3. The molecule has 2 unspecified atom stereocenters. The Bertz CT molecular complexity index is 1130. The van der Waals surface area contributed by atoms with Gasteiger partial charge in [-0.15, -0.1) is 0 Å². The average molecular weight is 546 g/mol. The Morgan fingerprint density at radius 3 is 2.09 bits per heavy atom. The van der Waals surface area contributed by atoms with Crippen LogP contribution in [0.1, 0.15) is 39.2 Å². The van der Waals surface area contributed by atoms with Crippen molar-refractivity contribution in [3.05, 3.63) is 63.9 Å². The van der Waals surface area contributed by atoms with E-state index in [0.29, 0.717) is 22.0 Å². The van der Waals surface area contributed by atoms with Crippen LogP contribution in [0.5, 0.6) is 0 Å². The largest absolute Gasteiger partial charge is 0.352 e. The van der Waals surface area contributed by atoms with Gasteiger partial charge in [0.1, 0.15) is 18.4 Å². The molecule has 2 amide bonds. The van der Waals surface area contributed by atoms with Crippen molar-refractivity contribution in [1.82, 2.24) is 10.2 Å². The highest BCUT2D eigenvalue weighted by molar-refractivity contribution is 7.92. The van der Waals surface area contributed by atoms with Gasteiger partial charge >= 0.3 is 0 Å². The molecule has 1 N–H and O–H groups in total. The molecule has 0 aliphatic carbocycles. The third-order valence-corrected chi connectivity index (χ3v) is 7.42. The third kappa shape index (κ3) is 7.81. The van der Waals surface area contributed by atoms with Crippen molar-refractivity contribution in [2.45, 2.75) is 52.2 Å². The first kappa shape index (κ1) is 28.9. The molecule has 0 aliphatic rings. The second-order valence-corrected chi connectivity index (χ2v) is 10.9. The first-order chi connectivity index (χ1) is 16.4. The molecule has 11 heteroatoms. The molecule has 0 saturated carbocycles. The van der Waals surface area contributed by atoms with Gasteiger partial charge in [0, 0.05) is 28.2 Å². The third-order valence-electron chi connectivity index (χ3n) is 5.57. The van der Waals surface area contributed by atoms with Crippen molar-refractivity contribution in [3.8, 4) is 0 Å². The lowest BCUT2D eigenvalue weighted by molar-refractivity contribution is -0.140. The number of carbonyl (C=O) groups is 2. The van der Waals surface area contributed by atoms with Gasteiger partial charge in [-0.1, -0.05) is 43.1 Å². The molecule has 192 valence electrons. The van der Waals surface area contributed by atoms with E-state index in [4.69, 9.17) is 23.2 Å². The molecule has 0 fully saturated rings. The molecule has 0 aromatic heterocycles. The fraction of sp³-hybridized carbons (Fsp3) is 0.417. The molecule has 2 aromatic carbocycles. The van der Waals surface area contributed by atoms with E-state index in [0.717, 1.165) is 22.7 Å². The molecule has 2 rings (SSSR count). The lowest BCUT2D eigenvalue weighted by Crippen LogP contribution is -2.53. The monoisotopic (exact) mass is 545 g/mol. The van der Waals surface area contributed by atoms with E-state index >= 15 is 0 Å². The summed E-state index contributed by atoms with van der Waals surface area (Å²) in [4.78, 5) is 28.0. The van der Waals surface area contributed by atoms with Gasteiger partial charge in [0.05, 0.1) is 11.9 Å². The molecule has 0 bridgehead atoms. The smallest absolute Gasteiger partial charge is 0.244 e. The van der Waals surface area contributed by atoms with Crippen LogP contribution in [0, 0.1) is 5.82 Å². The number of amides is 2. The van der Waals surface area contributed by atoms with Crippen LogP contribution in [0.2, 0.25) is 10.0 Å². The first-order valence-electron chi connectivity index (χ1n) is 11.1. The van der Waals surface area contributed by atoms with Gasteiger partial charge in [0.25, 0.3) is 0 Å². The summed E-state index contributed by atoms with van der Waals surface area (Å²) in [5, 5.41) is 3.50. The Balaban J connectivity index is 2.49. The van der Waals surface area contributed by atoms with E-state index in [1.807, 2.05) is 13.8 Å². The summed E-state index contributed by atoms with van der Waals surface area (Å²) in [6.45, 7) is 4.82. The summed E-state index contributed by atoms with van der Waals surface area (Å²) < 4.78 is 39.4. The van der Waals surface area contributed by atoms with Crippen LogP contribution in [-0.2, 0) is 26.2 Å². The van der Waals surface area contributed by atoms with Crippen molar-refractivity contribution in [1.29, 1.82) is 0 Å². The Hall–Kier alpha value is -2.36. The van der Waals surface area contributed by atoms with Crippen LogP contribution in [0.4, 0.5) is 10.1 Å². The second-order valence-electron chi connectivity index (χ2n) is 8.21. The summed E-state index contributed by atoms with van der Waals surface area (Å²) in [5.74, 6) is -1.55. The molecule has 2 atom stereocenters. The van der Waals surface area contributed by atoms with E-state index in [1.54, 1.807) is 25.1 Å². The molecule has 2 aromatic rings. The van der Waals surface area contributed by atoms with Gasteiger partial charge in [-0.2, -0.15) is 0 Å². The van der Waals surface area contributed by atoms with Crippen molar-refractivity contribution in [3.63, 3.8) is 0 Å². The fourth-order valence-electron chi connectivity index (χ4n) is 3.44. The molecule has 7 nitrogen and oxygen atoms in total. The minimum Gasteiger partial charge on any atom is -0.352 e. The summed E-state index contributed by atoms with van der Waals surface area (Å²) in [6.07, 6.45) is 1.91. The number of nitrogens with zero attached hydrogens (tertiary/aromatic N) is 2.